The highest BCUT2D eigenvalue weighted by molar-refractivity contribution is 6.32. The number of hydrogen-bond acceptors (Lipinski definition) is 4. The molecular formula is C15H15ClN2O3. The zero-order valence-electron chi connectivity index (χ0n) is 11.7. The van der Waals surface area contributed by atoms with Gasteiger partial charge in [0, 0.05) is 18.2 Å². The highest BCUT2D eigenvalue weighted by Crippen LogP contribution is 2.34. The fourth-order valence-electron chi connectivity index (χ4n) is 1.94. The Morgan fingerprint density at radius 3 is 2.67 bits per heavy atom. The molecule has 0 aliphatic rings. The van der Waals surface area contributed by atoms with Crippen LogP contribution in [-0.2, 0) is 6.54 Å². The SMILES string of the molecule is CNCc1cc(C)ccc1Oc1cc([N+](=O)[O-])ccc1Cl. The standard InChI is InChI=1S/C15H15ClN2O3/c1-10-3-6-14(11(7-10)9-17-2)21-15-8-12(18(19)20)4-5-13(15)16/h3-8,17H,9H2,1-2H3. The average Bonchev–Trinajstić information content (AvgIpc) is 2.44. The normalized spacial score (nSPS) is 10.4. The molecule has 0 spiro atoms. The molecule has 0 aliphatic heterocycles. The van der Waals surface area contributed by atoms with E-state index < -0.39 is 4.92 Å². The molecule has 0 heterocycles. The van der Waals surface area contributed by atoms with E-state index in [4.69, 9.17) is 16.3 Å². The molecule has 0 saturated heterocycles. The van der Waals surface area contributed by atoms with Gasteiger partial charge >= 0.3 is 0 Å². The van der Waals surface area contributed by atoms with Gasteiger partial charge in [-0.3, -0.25) is 10.1 Å². The van der Waals surface area contributed by atoms with Crippen molar-refractivity contribution < 1.29 is 9.66 Å². The number of benzene rings is 2. The van der Waals surface area contributed by atoms with E-state index in [2.05, 4.69) is 5.32 Å². The van der Waals surface area contributed by atoms with Crippen molar-refractivity contribution >= 4 is 17.3 Å². The average molecular weight is 307 g/mol. The first-order valence-corrected chi connectivity index (χ1v) is 6.75. The summed E-state index contributed by atoms with van der Waals surface area (Å²) in [5.74, 6) is 0.893. The van der Waals surface area contributed by atoms with Crippen LogP contribution < -0.4 is 10.1 Å². The van der Waals surface area contributed by atoms with Crippen molar-refractivity contribution in [1.29, 1.82) is 0 Å². The molecule has 0 saturated carbocycles. The van der Waals surface area contributed by atoms with E-state index >= 15 is 0 Å². The van der Waals surface area contributed by atoms with Crippen LogP contribution in [0, 0.1) is 17.0 Å². The molecule has 0 atom stereocenters. The van der Waals surface area contributed by atoms with Gasteiger partial charge < -0.3 is 10.1 Å². The molecule has 110 valence electrons. The molecular weight excluding hydrogens is 292 g/mol. The first kappa shape index (κ1) is 15.3. The van der Waals surface area contributed by atoms with E-state index in [-0.39, 0.29) is 11.4 Å². The highest BCUT2D eigenvalue weighted by atomic mass is 35.5. The van der Waals surface area contributed by atoms with Crippen LogP contribution in [0.25, 0.3) is 0 Å². The number of halogens is 1. The predicted octanol–water partition coefficient (Wildman–Crippen LogP) is 4.07. The van der Waals surface area contributed by atoms with Crippen molar-refractivity contribution in [2.45, 2.75) is 13.5 Å². The minimum absolute atomic E-state index is 0.0586. The molecule has 2 rings (SSSR count). The van der Waals surface area contributed by atoms with Gasteiger partial charge in [0.2, 0.25) is 0 Å². The molecule has 0 unspecified atom stereocenters. The van der Waals surface area contributed by atoms with Gasteiger partial charge in [-0.2, -0.15) is 0 Å². The van der Waals surface area contributed by atoms with Crippen LogP contribution in [0.3, 0.4) is 0 Å². The number of nitro benzene ring substituents is 1. The smallest absolute Gasteiger partial charge is 0.273 e. The molecule has 5 nitrogen and oxygen atoms in total. The summed E-state index contributed by atoms with van der Waals surface area (Å²) in [5, 5.41) is 14.2. The van der Waals surface area contributed by atoms with Crippen molar-refractivity contribution in [3.63, 3.8) is 0 Å². The number of rotatable bonds is 5. The molecule has 0 radical (unpaired) electrons. The Morgan fingerprint density at radius 2 is 2.00 bits per heavy atom. The Morgan fingerprint density at radius 1 is 1.24 bits per heavy atom. The lowest BCUT2D eigenvalue weighted by molar-refractivity contribution is -0.384. The van der Waals surface area contributed by atoms with Crippen molar-refractivity contribution in [1.82, 2.24) is 5.32 Å². The van der Waals surface area contributed by atoms with Crippen LogP contribution in [0.5, 0.6) is 11.5 Å². The number of ether oxygens (including phenoxy) is 1. The third-order valence-electron chi connectivity index (χ3n) is 2.93. The number of non-ortho nitro benzene ring substituents is 1. The minimum Gasteiger partial charge on any atom is -0.455 e. The van der Waals surface area contributed by atoms with Gasteiger partial charge in [0.1, 0.15) is 5.75 Å². The summed E-state index contributed by atoms with van der Waals surface area (Å²) >= 11 is 6.05. The van der Waals surface area contributed by atoms with Crippen LogP contribution in [0.1, 0.15) is 11.1 Å². The molecule has 1 N–H and O–H groups in total. The second-order valence-electron chi connectivity index (χ2n) is 4.62. The Balaban J connectivity index is 2.37. The number of nitro groups is 1. The summed E-state index contributed by atoms with van der Waals surface area (Å²) in [7, 11) is 1.84. The quantitative estimate of drug-likeness (QED) is 0.668. The Kier molecular flexibility index (Phi) is 4.77. The fraction of sp³-hybridized carbons (Fsp3) is 0.200. The largest absolute Gasteiger partial charge is 0.455 e. The van der Waals surface area contributed by atoms with Crippen molar-refractivity contribution in [2.24, 2.45) is 0 Å². The summed E-state index contributed by atoms with van der Waals surface area (Å²) in [6.45, 7) is 2.62. The fourth-order valence-corrected chi connectivity index (χ4v) is 2.09. The molecule has 0 aliphatic carbocycles. The monoisotopic (exact) mass is 306 g/mol. The lowest BCUT2D eigenvalue weighted by Crippen LogP contribution is -2.06. The minimum atomic E-state index is -0.479. The summed E-state index contributed by atoms with van der Waals surface area (Å²) in [5.41, 5.74) is 2.01. The summed E-state index contributed by atoms with van der Waals surface area (Å²) in [6.07, 6.45) is 0. The van der Waals surface area contributed by atoms with Crippen LogP contribution in [0.4, 0.5) is 5.69 Å². The van der Waals surface area contributed by atoms with E-state index in [1.165, 1.54) is 18.2 Å². The van der Waals surface area contributed by atoms with E-state index in [9.17, 15) is 10.1 Å². The molecule has 6 heteroatoms. The summed E-state index contributed by atoms with van der Waals surface area (Å²) in [6, 6.07) is 9.87. The van der Waals surface area contributed by atoms with E-state index in [1.807, 2.05) is 32.2 Å². The molecule has 0 amide bonds. The van der Waals surface area contributed by atoms with E-state index in [0.29, 0.717) is 17.3 Å². The zero-order valence-corrected chi connectivity index (χ0v) is 12.5. The third kappa shape index (κ3) is 3.71. The number of nitrogens with one attached hydrogen (secondary N) is 1. The lowest BCUT2D eigenvalue weighted by atomic mass is 10.1. The third-order valence-corrected chi connectivity index (χ3v) is 3.24. The zero-order chi connectivity index (χ0) is 15.4. The maximum atomic E-state index is 10.8. The van der Waals surface area contributed by atoms with Gasteiger partial charge in [-0.25, -0.2) is 0 Å². The van der Waals surface area contributed by atoms with E-state index in [1.54, 1.807) is 0 Å². The van der Waals surface area contributed by atoms with Crippen molar-refractivity contribution in [3.8, 4) is 11.5 Å². The summed E-state index contributed by atoms with van der Waals surface area (Å²) in [4.78, 5) is 10.3. The lowest BCUT2D eigenvalue weighted by Gasteiger charge is -2.12. The Hall–Kier alpha value is -2.11. The number of hydrogen-bond donors (Lipinski definition) is 1. The van der Waals surface area contributed by atoms with Crippen LogP contribution >= 0.6 is 11.6 Å². The molecule has 0 fully saturated rings. The number of nitrogens with zero attached hydrogens (tertiary/aromatic N) is 1. The highest BCUT2D eigenvalue weighted by Gasteiger charge is 2.13. The van der Waals surface area contributed by atoms with Gasteiger partial charge in [-0.05, 0) is 26.1 Å². The van der Waals surface area contributed by atoms with Crippen LogP contribution in [0.15, 0.2) is 36.4 Å². The van der Waals surface area contributed by atoms with Crippen LogP contribution in [-0.4, -0.2) is 12.0 Å². The molecule has 0 aromatic heterocycles. The van der Waals surface area contributed by atoms with Gasteiger partial charge in [0.05, 0.1) is 16.0 Å². The van der Waals surface area contributed by atoms with Gasteiger partial charge in [0.15, 0.2) is 5.75 Å². The molecule has 0 bridgehead atoms. The Bertz CT molecular complexity index is 674. The van der Waals surface area contributed by atoms with Gasteiger partial charge in [-0.15, -0.1) is 0 Å². The predicted molar refractivity (Wildman–Crippen MR) is 82.1 cm³/mol. The maximum Gasteiger partial charge on any atom is 0.273 e. The molecule has 2 aromatic carbocycles. The molecule has 21 heavy (non-hydrogen) atoms. The second kappa shape index (κ2) is 6.56. The molecule has 2 aromatic rings. The van der Waals surface area contributed by atoms with Gasteiger partial charge in [0.25, 0.3) is 5.69 Å². The first-order valence-electron chi connectivity index (χ1n) is 6.37. The summed E-state index contributed by atoms with van der Waals surface area (Å²) < 4.78 is 5.76. The Labute approximate surface area is 127 Å². The second-order valence-corrected chi connectivity index (χ2v) is 5.02. The first-order chi connectivity index (χ1) is 10.0. The van der Waals surface area contributed by atoms with Crippen LogP contribution in [0.2, 0.25) is 5.02 Å². The number of aryl methyl sites for hydroxylation is 1. The van der Waals surface area contributed by atoms with Crippen molar-refractivity contribution in [2.75, 3.05) is 7.05 Å². The maximum absolute atomic E-state index is 10.8. The van der Waals surface area contributed by atoms with Crippen molar-refractivity contribution in [3.05, 3.63) is 62.7 Å². The van der Waals surface area contributed by atoms with E-state index in [0.717, 1.165) is 11.1 Å². The topological polar surface area (TPSA) is 64.4 Å². The van der Waals surface area contributed by atoms with Gasteiger partial charge in [-0.1, -0.05) is 29.3 Å².